The third kappa shape index (κ3) is 11.9. The van der Waals surface area contributed by atoms with E-state index in [2.05, 4.69) is 20.8 Å². The average molecular weight is 332 g/mol. The van der Waals surface area contributed by atoms with Crippen LogP contribution in [0.15, 0.2) is 0 Å². The molecule has 0 saturated heterocycles. The van der Waals surface area contributed by atoms with Gasteiger partial charge in [0.1, 0.15) is 0 Å². The molecule has 134 valence electrons. The molecule has 0 aliphatic carbocycles. The van der Waals surface area contributed by atoms with Crippen molar-refractivity contribution in [2.24, 2.45) is 0 Å². The minimum Gasteiger partial charge on any atom is -0.393 e. The predicted molar refractivity (Wildman–Crippen MR) is 106 cm³/mol. The van der Waals surface area contributed by atoms with Crippen LogP contribution < -0.4 is 0 Å². The van der Waals surface area contributed by atoms with Crippen molar-refractivity contribution in [1.82, 2.24) is 0 Å². The third-order valence-corrected chi connectivity index (χ3v) is 9.98. The molecule has 0 aromatic rings. The van der Waals surface area contributed by atoms with Gasteiger partial charge in [0, 0.05) is 7.26 Å². The van der Waals surface area contributed by atoms with E-state index in [0.29, 0.717) is 6.61 Å². The summed E-state index contributed by atoms with van der Waals surface area (Å²) in [5.41, 5.74) is 0. The second-order valence-corrected chi connectivity index (χ2v) is 11.6. The summed E-state index contributed by atoms with van der Waals surface area (Å²) < 4.78 is 0. The van der Waals surface area contributed by atoms with Gasteiger partial charge in [-0.2, -0.15) is 0 Å². The van der Waals surface area contributed by atoms with E-state index in [-0.39, 0.29) is 0 Å². The summed E-state index contributed by atoms with van der Waals surface area (Å²) >= 11 is 0. The van der Waals surface area contributed by atoms with E-state index in [1.165, 1.54) is 95.5 Å². The Balaban J connectivity index is 4.39. The molecule has 2 heteroatoms. The lowest BCUT2D eigenvalue weighted by Gasteiger charge is -2.27. The molecule has 0 bridgehead atoms. The van der Waals surface area contributed by atoms with Gasteiger partial charge in [-0.3, -0.25) is 0 Å². The fourth-order valence-electron chi connectivity index (χ4n) is 3.50. The molecule has 0 aliphatic heterocycles. The first kappa shape index (κ1) is 22.4. The van der Waals surface area contributed by atoms with Crippen LogP contribution in [-0.4, -0.2) is 36.4 Å². The molecule has 0 radical (unpaired) electrons. The van der Waals surface area contributed by atoms with Crippen molar-refractivity contribution in [3.63, 3.8) is 0 Å². The van der Waals surface area contributed by atoms with Gasteiger partial charge in [-0.1, -0.05) is 59.3 Å². The molecule has 0 fully saturated rings. The number of unbranched alkanes of at least 4 members (excludes halogenated alkanes) is 9. The zero-order valence-electron chi connectivity index (χ0n) is 15.9. The summed E-state index contributed by atoms with van der Waals surface area (Å²) in [5.74, 6) is 0. The van der Waals surface area contributed by atoms with Crippen molar-refractivity contribution < 1.29 is 5.11 Å². The zero-order valence-corrected chi connectivity index (χ0v) is 16.8. The Bertz CT molecular complexity index is 186. The van der Waals surface area contributed by atoms with Crippen LogP contribution in [-0.2, 0) is 0 Å². The van der Waals surface area contributed by atoms with Crippen molar-refractivity contribution in [2.75, 3.05) is 31.3 Å². The topological polar surface area (TPSA) is 20.2 Å². The van der Waals surface area contributed by atoms with Crippen LogP contribution in [0.3, 0.4) is 0 Å². The summed E-state index contributed by atoms with van der Waals surface area (Å²) in [7, 11) is -0.867. The Kier molecular flexibility index (Phi) is 16.5. The lowest BCUT2D eigenvalue weighted by Crippen LogP contribution is -2.15. The van der Waals surface area contributed by atoms with Gasteiger partial charge in [-0.15, -0.1) is 0 Å². The maximum atomic E-state index is 9.64. The quantitative estimate of drug-likeness (QED) is 0.231. The molecule has 0 spiro atoms. The van der Waals surface area contributed by atoms with Gasteiger partial charge < -0.3 is 5.11 Å². The monoisotopic (exact) mass is 331 g/mol. The first-order valence-corrected chi connectivity index (χ1v) is 12.7. The van der Waals surface area contributed by atoms with Crippen LogP contribution in [0.25, 0.3) is 0 Å². The Morgan fingerprint density at radius 3 is 1.14 bits per heavy atom. The number of rotatable bonds is 17. The van der Waals surface area contributed by atoms with Crippen LogP contribution in [0.1, 0.15) is 97.8 Å². The van der Waals surface area contributed by atoms with Crippen LogP contribution in [0.2, 0.25) is 0 Å². The van der Waals surface area contributed by atoms with Gasteiger partial charge in [0.2, 0.25) is 0 Å². The third-order valence-electron chi connectivity index (χ3n) is 5.03. The molecule has 1 nitrogen and oxygen atoms in total. The van der Waals surface area contributed by atoms with E-state index >= 15 is 0 Å². The second kappa shape index (κ2) is 16.3. The van der Waals surface area contributed by atoms with E-state index in [0.717, 1.165) is 6.16 Å². The second-order valence-electron chi connectivity index (χ2n) is 7.14. The average Bonchev–Trinajstić information content (AvgIpc) is 2.53. The van der Waals surface area contributed by atoms with Crippen molar-refractivity contribution in [3.8, 4) is 0 Å². The summed E-state index contributed by atoms with van der Waals surface area (Å²) in [4.78, 5) is 0. The van der Waals surface area contributed by atoms with E-state index in [4.69, 9.17) is 0 Å². The smallest absolute Gasteiger partial charge is 0.0825 e. The fraction of sp³-hybridized carbons (Fsp3) is 1.00. The highest BCUT2D eigenvalue weighted by Crippen LogP contribution is 2.60. The first-order valence-electron chi connectivity index (χ1n) is 10.2. The van der Waals surface area contributed by atoms with Crippen molar-refractivity contribution >= 4 is 7.26 Å². The van der Waals surface area contributed by atoms with Crippen LogP contribution in [0.4, 0.5) is 0 Å². The molecule has 0 heterocycles. The Morgan fingerprint density at radius 1 is 0.500 bits per heavy atom. The molecule has 0 aromatic heterocycles. The maximum Gasteiger partial charge on any atom is 0.0825 e. The van der Waals surface area contributed by atoms with Gasteiger partial charge >= 0.3 is 0 Å². The maximum absolute atomic E-state index is 9.64. The van der Waals surface area contributed by atoms with Gasteiger partial charge in [0.25, 0.3) is 0 Å². The van der Waals surface area contributed by atoms with Crippen LogP contribution in [0.5, 0.6) is 0 Å². The van der Waals surface area contributed by atoms with Gasteiger partial charge in [0.05, 0.1) is 31.3 Å². The van der Waals surface area contributed by atoms with Crippen molar-refractivity contribution in [1.29, 1.82) is 0 Å². The highest BCUT2D eigenvalue weighted by atomic mass is 31.2. The Morgan fingerprint density at radius 2 is 0.864 bits per heavy atom. The Hall–Kier alpha value is 0.390. The van der Waals surface area contributed by atoms with Crippen LogP contribution in [0, 0.1) is 0 Å². The zero-order chi connectivity index (χ0) is 16.5. The van der Waals surface area contributed by atoms with Gasteiger partial charge in [0.15, 0.2) is 0 Å². The molecule has 1 N–H and O–H groups in total. The lowest BCUT2D eigenvalue weighted by atomic mass is 10.2. The fourth-order valence-corrected chi connectivity index (χ4v) is 7.95. The van der Waals surface area contributed by atoms with E-state index < -0.39 is 7.26 Å². The molecular formula is C20H44OP+. The number of hydrogen-bond acceptors (Lipinski definition) is 1. The van der Waals surface area contributed by atoms with E-state index in [1.807, 2.05) is 0 Å². The molecule has 0 aromatic carbocycles. The highest BCUT2D eigenvalue weighted by molar-refractivity contribution is 7.75. The molecule has 0 aliphatic rings. The summed E-state index contributed by atoms with van der Waals surface area (Å²) in [6.07, 6.45) is 22.2. The van der Waals surface area contributed by atoms with Gasteiger partial charge in [-0.05, 0) is 38.5 Å². The number of aliphatic hydroxyl groups excluding tert-OH is 1. The molecule has 0 atom stereocenters. The molecule has 0 unspecified atom stereocenters. The number of hydrogen-bond donors (Lipinski definition) is 1. The largest absolute Gasteiger partial charge is 0.393 e. The highest BCUT2D eigenvalue weighted by Gasteiger charge is 2.34. The summed E-state index contributed by atoms with van der Waals surface area (Å²) in [5, 5.41) is 9.64. The summed E-state index contributed by atoms with van der Waals surface area (Å²) in [6.45, 7) is 7.33. The summed E-state index contributed by atoms with van der Waals surface area (Å²) in [6, 6.07) is 0. The standard InChI is InChI=1S/C20H44OP/c1-4-7-10-13-17-22(20-16-21,18-14-11-8-5-2)19-15-12-9-6-3/h21H,4-20H2,1-3H3/q+1. The van der Waals surface area contributed by atoms with Crippen molar-refractivity contribution in [2.45, 2.75) is 97.8 Å². The van der Waals surface area contributed by atoms with E-state index in [9.17, 15) is 5.11 Å². The first-order chi connectivity index (χ1) is 10.7. The van der Waals surface area contributed by atoms with Crippen LogP contribution >= 0.6 is 7.26 Å². The SMILES string of the molecule is CCCCCC[P+](CCO)(CCCCCC)CCCCCC. The molecule has 0 amide bonds. The molecule has 22 heavy (non-hydrogen) atoms. The van der Waals surface area contributed by atoms with Gasteiger partial charge in [-0.25, -0.2) is 0 Å². The molecule has 0 rings (SSSR count). The Labute approximate surface area is 142 Å². The number of aliphatic hydroxyl groups is 1. The predicted octanol–water partition coefficient (Wildman–Crippen LogP) is 6.74. The van der Waals surface area contributed by atoms with E-state index in [1.54, 1.807) is 0 Å². The molecular weight excluding hydrogens is 287 g/mol. The minimum absolute atomic E-state index is 0.434. The normalized spacial score (nSPS) is 12.0. The van der Waals surface area contributed by atoms with Crippen molar-refractivity contribution in [3.05, 3.63) is 0 Å². The lowest BCUT2D eigenvalue weighted by molar-refractivity contribution is 0.320. The molecule has 0 saturated carbocycles. The minimum atomic E-state index is -0.867.